The van der Waals surface area contributed by atoms with Gasteiger partial charge in [-0.05, 0) is 80.9 Å². The lowest BCUT2D eigenvalue weighted by molar-refractivity contribution is -0.122. The van der Waals surface area contributed by atoms with E-state index < -0.39 is 11.8 Å². The van der Waals surface area contributed by atoms with Crippen molar-refractivity contribution in [2.24, 2.45) is 7.05 Å². The monoisotopic (exact) mass is 367 g/mol. The summed E-state index contributed by atoms with van der Waals surface area (Å²) in [7, 11) is 1.95. The largest absolute Gasteiger partial charge is 0.352 e. The molecule has 1 N–H and O–H groups in total. The van der Waals surface area contributed by atoms with Crippen LogP contribution in [0.4, 0.5) is 5.69 Å². The number of nitrogens with zero attached hydrogens (tertiary/aromatic N) is 2. The molecule has 0 atom stereocenters. The summed E-state index contributed by atoms with van der Waals surface area (Å²) in [5.41, 5.74) is 5.66. The number of aryl methyl sites for hydroxylation is 3. The van der Waals surface area contributed by atoms with Crippen molar-refractivity contribution in [2.45, 2.75) is 27.7 Å². The van der Waals surface area contributed by atoms with Crippen molar-refractivity contribution in [1.82, 2.24) is 9.88 Å². The molecule has 0 bridgehead atoms. The van der Waals surface area contributed by atoms with E-state index in [1.54, 1.807) is 6.08 Å². The molecule has 134 valence electrons. The van der Waals surface area contributed by atoms with Crippen LogP contribution in [-0.4, -0.2) is 21.5 Å². The molecule has 1 aliphatic heterocycles. The maximum Gasteiger partial charge on any atom is 0.270 e. The Balaban J connectivity index is 2.08. The zero-order valence-corrected chi connectivity index (χ0v) is 16.3. The van der Waals surface area contributed by atoms with Gasteiger partial charge in [-0.3, -0.25) is 19.8 Å². The number of rotatable bonds is 2. The van der Waals surface area contributed by atoms with Crippen molar-refractivity contribution < 1.29 is 9.59 Å². The van der Waals surface area contributed by atoms with Crippen molar-refractivity contribution in [3.8, 4) is 0 Å². The van der Waals surface area contributed by atoms with Gasteiger partial charge in [0.25, 0.3) is 11.8 Å². The van der Waals surface area contributed by atoms with Crippen LogP contribution < -0.4 is 10.2 Å². The van der Waals surface area contributed by atoms with Crippen LogP contribution in [0.25, 0.3) is 6.08 Å². The van der Waals surface area contributed by atoms with Gasteiger partial charge in [0.15, 0.2) is 5.11 Å². The number of carbonyl (C=O) groups is 2. The second kappa shape index (κ2) is 6.53. The highest BCUT2D eigenvalue weighted by molar-refractivity contribution is 7.80. The molecule has 2 aromatic rings. The Bertz CT molecular complexity index is 965. The summed E-state index contributed by atoms with van der Waals surface area (Å²) in [4.78, 5) is 26.9. The van der Waals surface area contributed by atoms with Gasteiger partial charge < -0.3 is 4.57 Å². The molecule has 0 aliphatic carbocycles. The van der Waals surface area contributed by atoms with Gasteiger partial charge in [-0.1, -0.05) is 6.07 Å². The van der Waals surface area contributed by atoms with Crippen LogP contribution in [-0.2, 0) is 16.6 Å². The third-order valence-corrected chi connectivity index (χ3v) is 4.97. The van der Waals surface area contributed by atoms with Crippen LogP contribution in [0, 0.1) is 27.7 Å². The summed E-state index contributed by atoms with van der Waals surface area (Å²) in [5, 5.41) is 2.73. The van der Waals surface area contributed by atoms with Crippen molar-refractivity contribution in [3.05, 3.63) is 57.9 Å². The number of thiocarbonyl (C=S) groups is 1. The molecule has 5 nitrogen and oxygen atoms in total. The summed E-state index contributed by atoms with van der Waals surface area (Å²) in [6.45, 7) is 7.85. The molecule has 2 amide bonds. The number of aromatic nitrogens is 1. The molecule has 0 unspecified atom stereocenters. The van der Waals surface area contributed by atoms with Gasteiger partial charge in [-0.25, -0.2) is 0 Å². The first kappa shape index (κ1) is 18.1. The third kappa shape index (κ3) is 3.08. The minimum atomic E-state index is -0.471. The molecule has 6 heteroatoms. The molecule has 26 heavy (non-hydrogen) atoms. The zero-order valence-electron chi connectivity index (χ0n) is 15.5. The van der Waals surface area contributed by atoms with E-state index in [0.29, 0.717) is 5.69 Å². The van der Waals surface area contributed by atoms with Crippen LogP contribution in [0.5, 0.6) is 0 Å². The molecule has 2 heterocycles. The standard InChI is InChI=1S/C20H21N3O2S/c1-11-6-12(2)8-16(7-11)23-19(25)17(18(24)21-20(23)26)10-15-9-13(3)22(5)14(15)4/h6-10H,1-5H3,(H,21,24,26)/b17-10+. The van der Waals surface area contributed by atoms with Gasteiger partial charge >= 0.3 is 0 Å². The van der Waals surface area contributed by atoms with E-state index in [-0.39, 0.29) is 10.7 Å². The first-order valence-electron chi connectivity index (χ1n) is 8.31. The Hall–Kier alpha value is -2.73. The molecule has 0 radical (unpaired) electrons. The molecule has 1 aliphatic rings. The Morgan fingerprint density at radius 3 is 2.15 bits per heavy atom. The average Bonchev–Trinajstić information content (AvgIpc) is 2.77. The predicted molar refractivity (Wildman–Crippen MR) is 107 cm³/mol. The lowest BCUT2D eigenvalue weighted by Gasteiger charge is -2.29. The Labute approximate surface area is 158 Å². The minimum absolute atomic E-state index is 0.0754. The topological polar surface area (TPSA) is 54.3 Å². The number of nitrogens with one attached hydrogen (secondary N) is 1. The summed E-state index contributed by atoms with van der Waals surface area (Å²) in [6, 6.07) is 7.73. The predicted octanol–water partition coefficient (Wildman–Crippen LogP) is 3.09. The number of benzene rings is 1. The summed E-state index contributed by atoms with van der Waals surface area (Å²) >= 11 is 5.26. The molecule has 1 aromatic carbocycles. The molecule has 1 aromatic heterocycles. The first-order valence-corrected chi connectivity index (χ1v) is 8.72. The first-order chi connectivity index (χ1) is 12.2. The Morgan fingerprint density at radius 1 is 1.00 bits per heavy atom. The number of hydrogen-bond acceptors (Lipinski definition) is 3. The van der Waals surface area contributed by atoms with Crippen LogP contribution >= 0.6 is 12.2 Å². The maximum absolute atomic E-state index is 13.1. The molecule has 0 saturated carbocycles. The van der Waals surface area contributed by atoms with Crippen LogP contribution in [0.1, 0.15) is 28.1 Å². The van der Waals surface area contributed by atoms with E-state index in [2.05, 4.69) is 5.32 Å². The Morgan fingerprint density at radius 2 is 1.62 bits per heavy atom. The van der Waals surface area contributed by atoms with E-state index in [1.165, 1.54) is 4.90 Å². The SMILES string of the molecule is Cc1cc(C)cc(N2C(=O)/C(=C/c3cc(C)n(C)c3C)C(=O)NC2=S)c1. The second-order valence-corrected chi connectivity index (χ2v) is 7.08. The molecular formula is C20H21N3O2S. The number of hydrogen-bond donors (Lipinski definition) is 1. The van der Waals surface area contributed by atoms with Crippen molar-refractivity contribution in [1.29, 1.82) is 0 Å². The highest BCUT2D eigenvalue weighted by Gasteiger charge is 2.34. The van der Waals surface area contributed by atoms with Crippen molar-refractivity contribution >= 4 is 40.9 Å². The van der Waals surface area contributed by atoms with Crippen molar-refractivity contribution in [3.63, 3.8) is 0 Å². The highest BCUT2D eigenvalue weighted by atomic mass is 32.1. The molecule has 3 rings (SSSR count). The van der Waals surface area contributed by atoms with Crippen LogP contribution in [0.15, 0.2) is 29.8 Å². The smallest absolute Gasteiger partial charge is 0.270 e. The summed E-state index contributed by atoms with van der Waals surface area (Å²) in [5.74, 6) is -0.883. The van der Waals surface area contributed by atoms with Gasteiger partial charge in [0, 0.05) is 18.4 Å². The van der Waals surface area contributed by atoms with Crippen LogP contribution in [0.2, 0.25) is 0 Å². The highest BCUT2D eigenvalue weighted by Crippen LogP contribution is 2.25. The van der Waals surface area contributed by atoms with E-state index in [0.717, 1.165) is 28.1 Å². The molecular weight excluding hydrogens is 346 g/mol. The number of anilines is 1. The molecule has 0 spiro atoms. The lowest BCUT2D eigenvalue weighted by Crippen LogP contribution is -2.54. The normalized spacial score (nSPS) is 16.4. The fourth-order valence-corrected chi connectivity index (χ4v) is 3.44. The summed E-state index contributed by atoms with van der Waals surface area (Å²) < 4.78 is 2.02. The molecule has 1 fully saturated rings. The second-order valence-electron chi connectivity index (χ2n) is 6.69. The van der Waals surface area contributed by atoms with Crippen molar-refractivity contribution in [2.75, 3.05) is 4.90 Å². The lowest BCUT2D eigenvalue weighted by atomic mass is 10.1. The average molecular weight is 367 g/mol. The summed E-state index contributed by atoms with van der Waals surface area (Å²) in [6.07, 6.45) is 1.64. The minimum Gasteiger partial charge on any atom is -0.352 e. The van der Waals surface area contributed by atoms with Gasteiger partial charge in [-0.15, -0.1) is 0 Å². The maximum atomic E-state index is 13.1. The quantitative estimate of drug-likeness (QED) is 0.504. The number of carbonyl (C=O) groups excluding carboxylic acids is 2. The van der Waals surface area contributed by atoms with Gasteiger partial charge in [0.2, 0.25) is 0 Å². The van der Waals surface area contributed by atoms with Crippen LogP contribution in [0.3, 0.4) is 0 Å². The fourth-order valence-electron chi connectivity index (χ4n) is 3.16. The van der Waals surface area contributed by atoms with Gasteiger partial charge in [-0.2, -0.15) is 0 Å². The molecule has 1 saturated heterocycles. The fraction of sp³-hybridized carbons (Fsp3) is 0.250. The number of amides is 2. The Kier molecular flexibility index (Phi) is 4.54. The van der Waals surface area contributed by atoms with E-state index >= 15 is 0 Å². The van der Waals surface area contributed by atoms with E-state index in [9.17, 15) is 9.59 Å². The van der Waals surface area contributed by atoms with Gasteiger partial charge in [0.1, 0.15) is 5.57 Å². The van der Waals surface area contributed by atoms with E-state index in [1.807, 2.05) is 63.6 Å². The van der Waals surface area contributed by atoms with E-state index in [4.69, 9.17) is 12.2 Å². The van der Waals surface area contributed by atoms with Gasteiger partial charge in [0.05, 0.1) is 5.69 Å². The third-order valence-electron chi connectivity index (χ3n) is 4.68. The zero-order chi connectivity index (χ0) is 19.2.